The minimum atomic E-state index is 0.269. The number of thioether (sulfide) groups is 1. The third-order valence-electron chi connectivity index (χ3n) is 3.10. The SMILES string of the molecule is CC(N)C1(N(C)C)CCSCC1. The van der Waals surface area contributed by atoms with Gasteiger partial charge >= 0.3 is 0 Å². The molecule has 3 heteroatoms. The zero-order valence-corrected chi connectivity index (χ0v) is 9.16. The molecule has 0 amide bonds. The molecule has 1 heterocycles. The van der Waals surface area contributed by atoms with Gasteiger partial charge in [-0.15, -0.1) is 0 Å². The highest BCUT2D eigenvalue weighted by atomic mass is 32.2. The van der Waals surface area contributed by atoms with Gasteiger partial charge in [0, 0.05) is 11.6 Å². The van der Waals surface area contributed by atoms with Gasteiger partial charge in [0.25, 0.3) is 0 Å². The summed E-state index contributed by atoms with van der Waals surface area (Å²) in [7, 11) is 4.30. The Morgan fingerprint density at radius 3 is 2.08 bits per heavy atom. The molecule has 0 saturated carbocycles. The first-order valence-electron chi connectivity index (χ1n) is 4.60. The second-order valence-corrected chi connectivity index (χ2v) is 5.12. The van der Waals surface area contributed by atoms with E-state index in [2.05, 4.69) is 25.9 Å². The van der Waals surface area contributed by atoms with Gasteiger partial charge in [-0.3, -0.25) is 0 Å². The number of rotatable bonds is 2. The zero-order valence-electron chi connectivity index (χ0n) is 8.34. The maximum atomic E-state index is 6.05. The van der Waals surface area contributed by atoms with Gasteiger partial charge in [0.15, 0.2) is 0 Å². The van der Waals surface area contributed by atoms with Crippen LogP contribution in [0.5, 0.6) is 0 Å². The van der Waals surface area contributed by atoms with Crippen molar-refractivity contribution in [3.63, 3.8) is 0 Å². The molecule has 1 aliphatic heterocycles. The molecule has 2 N–H and O–H groups in total. The fraction of sp³-hybridized carbons (Fsp3) is 1.00. The van der Waals surface area contributed by atoms with E-state index in [4.69, 9.17) is 5.73 Å². The zero-order chi connectivity index (χ0) is 9.19. The normalized spacial score (nSPS) is 25.8. The van der Waals surface area contributed by atoms with Crippen LogP contribution in [0.4, 0.5) is 0 Å². The number of hydrogen-bond donors (Lipinski definition) is 1. The summed E-state index contributed by atoms with van der Waals surface area (Å²) in [5.41, 5.74) is 6.32. The van der Waals surface area contributed by atoms with Gasteiger partial charge in [-0.2, -0.15) is 11.8 Å². The van der Waals surface area contributed by atoms with E-state index in [1.165, 1.54) is 24.3 Å². The number of nitrogens with two attached hydrogens (primary N) is 1. The standard InChI is InChI=1S/C9H20N2S/c1-8(10)9(11(2)3)4-6-12-7-5-9/h8H,4-7,10H2,1-3H3. The highest BCUT2D eigenvalue weighted by Gasteiger charge is 2.37. The topological polar surface area (TPSA) is 29.3 Å². The van der Waals surface area contributed by atoms with Gasteiger partial charge in [0.2, 0.25) is 0 Å². The Bertz CT molecular complexity index is 129. The van der Waals surface area contributed by atoms with Crippen molar-refractivity contribution in [3.05, 3.63) is 0 Å². The molecule has 2 nitrogen and oxygen atoms in total. The van der Waals surface area contributed by atoms with E-state index in [-0.39, 0.29) is 11.6 Å². The van der Waals surface area contributed by atoms with Crippen LogP contribution in [0.25, 0.3) is 0 Å². The predicted octanol–water partition coefficient (Wildman–Crippen LogP) is 1.16. The average Bonchev–Trinajstić information content (AvgIpc) is 2.05. The lowest BCUT2D eigenvalue weighted by atomic mass is 9.84. The second-order valence-electron chi connectivity index (χ2n) is 3.90. The number of likely N-dealkylation sites (N-methyl/N-ethyl adjacent to an activating group) is 1. The molecule has 72 valence electrons. The smallest absolute Gasteiger partial charge is 0.0367 e. The Hall–Kier alpha value is 0.270. The van der Waals surface area contributed by atoms with Gasteiger partial charge in [-0.05, 0) is 45.4 Å². The Kier molecular flexibility index (Phi) is 3.44. The van der Waals surface area contributed by atoms with E-state index in [9.17, 15) is 0 Å². The first kappa shape index (κ1) is 10.4. The van der Waals surface area contributed by atoms with Gasteiger partial charge in [0.05, 0.1) is 0 Å². The molecule has 12 heavy (non-hydrogen) atoms. The largest absolute Gasteiger partial charge is 0.326 e. The molecule has 0 aromatic carbocycles. The molecule has 0 spiro atoms. The summed E-state index contributed by atoms with van der Waals surface area (Å²) in [5, 5.41) is 0. The lowest BCUT2D eigenvalue weighted by molar-refractivity contribution is 0.112. The van der Waals surface area contributed by atoms with Crippen LogP contribution in [0.3, 0.4) is 0 Å². The minimum Gasteiger partial charge on any atom is -0.326 e. The Morgan fingerprint density at radius 1 is 1.33 bits per heavy atom. The van der Waals surface area contributed by atoms with E-state index in [1.54, 1.807) is 0 Å². The molecule has 0 aromatic heterocycles. The molecule has 1 unspecified atom stereocenters. The summed E-state index contributed by atoms with van der Waals surface area (Å²) in [6, 6.07) is 0.286. The third kappa shape index (κ3) is 1.78. The summed E-state index contributed by atoms with van der Waals surface area (Å²) in [4.78, 5) is 2.32. The average molecular weight is 188 g/mol. The molecule has 1 saturated heterocycles. The van der Waals surface area contributed by atoms with E-state index >= 15 is 0 Å². The molecular weight excluding hydrogens is 168 g/mol. The van der Waals surface area contributed by atoms with Crippen molar-refractivity contribution in [2.24, 2.45) is 5.73 Å². The van der Waals surface area contributed by atoms with Crippen molar-refractivity contribution in [2.75, 3.05) is 25.6 Å². The molecular formula is C9H20N2S. The van der Waals surface area contributed by atoms with Gasteiger partial charge in [-0.25, -0.2) is 0 Å². The highest BCUT2D eigenvalue weighted by Crippen LogP contribution is 2.32. The van der Waals surface area contributed by atoms with Crippen LogP contribution in [0.2, 0.25) is 0 Å². The molecule has 0 radical (unpaired) electrons. The van der Waals surface area contributed by atoms with Crippen molar-refractivity contribution in [3.8, 4) is 0 Å². The first-order chi connectivity index (χ1) is 5.59. The maximum absolute atomic E-state index is 6.05. The van der Waals surface area contributed by atoms with Crippen LogP contribution in [-0.2, 0) is 0 Å². The minimum absolute atomic E-state index is 0.269. The summed E-state index contributed by atoms with van der Waals surface area (Å²) < 4.78 is 0. The van der Waals surface area contributed by atoms with Crippen molar-refractivity contribution >= 4 is 11.8 Å². The van der Waals surface area contributed by atoms with E-state index < -0.39 is 0 Å². The molecule has 0 aromatic rings. The number of hydrogen-bond acceptors (Lipinski definition) is 3. The highest BCUT2D eigenvalue weighted by molar-refractivity contribution is 7.99. The molecule has 0 bridgehead atoms. The second kappa shape index (κ2) is 3.99. The van der Waals surface area contributed by atoms with Crippen molar-refractivity contribution < 1.29 is 0 Å². The molecule has 1 atom stereocenters. The first-order valence-corrected chi connectivity index (χ1v) is 5.76. The van der Waals surface area contributed by atoms with Crippen LogP contribution in [-0.4, -0.2) is 42.1 Å². The van der Waals surface area contributed by atoms with Crippen molar-refractivity contribution in [1.29, 1.82) is 0 Å². The Balaban J connectivity index is 2.70. The van der Waals surface area contributed by atoms with Crippen LogP contribution >= 0.6 is 11.8 Å². The maximum Gasteiger partial charge on any atom is 0.0367 e. The lowest BCUT2D eigenvalue weighted by Crippen LogP contribution is -2.58. The summed E-state index contributed by atoms with van der Waals surface area (Å²) in [6.07, 6.45) is 2.48. The van der Waals surface area contributed by atoms with E-state index in [0.717, 1.165) is 0 Å². The van der Waals surface area contributed by atoms with E-state index in [1.807, 2.05) is 11.8 Å². The molecule has 1 aliphatic rings. The van der Waals surface area contributed by atoms with Crippen molar-refractivity contribution in [2.45, 2.75) is 31.3 Å². The number of nitrogens with zero attached hydrogens (tertiary/aromatic N) is 1. The molecule has 1 fully saturated rings. The van der Waals surface area contributed by atoms with Gasteiger partial charge < -0.3 is 10.6 Å². The Labute approximate surface area is 79.9 Å². The summed E-state index contributed by atoms with van der Waals surface area (Å²) in [5.74, 6) is 2.53. The monoisotopic (exact) mass is 188 g/mol. The Morgan fingerprint density at radius 2 is 1.83 bits per heavy atom. The summed E-state index contributed by atoms with van der Waals surface area (Å²) >= 11 is 2.05. The molecule has 1 rings (SSSR count). The van der Waals surface area contributed by atoms with Crippen LogP contribution in [0.1, 0.15) is 19.8 Å². The van der Waals surface area contributed by atoms with Crippen molar-refractivity contribution in [1.82, 2.24) is 4.90 Å². The van der Waals surface area contributed by atoms with Crippen LogP contribution < -0.4 is 5.73 Å². The third-order valence-corrected chi connectivity index (χ3v) is 4.08. The fourth-order valence-corrected chi connectivity index (χ4v) is 3.23. The van der Waals surface area contributed by atoms with E-state index in [0.29, 0.717) is 0 Å². The van der Waals surface area contributed by atoms with Gasteiger partial charge in [-0.1, -0.05) is 0 Å². The quantitative estimate of drug-likeness (QED) is 0.705. The summed E-state index contributed by atoms with van der Waals surface area (Å²) in [6.45, 7) is 2.13. The lowest BCUT2D eigenvalue weighted by Gasteiger charge is -2.45. The fourth-order valence-electron chi connectivity index (χ4n) is 2.03. The molecule has 0 aliphatic carbocycles. The van der Waals surface area contributed by atoms with Gasteiger partial charge in [0.1, 0.15) is 0 Å². The van der Waals surface area contributed by atoms with Crippen LogP contribution in [0, 0.1) is 0 Å². The van der Waals surface area contributed by atoms with Crippen LogP contribution in [0.15, 0.2) is 0 Å². The predicted molar refractivity (Wildman–Crippen MR) is 56.6 cm³/mol.